The van der Waals surface area contributed by atoms with E-state index in [2.05, 4.69) is 26.2 Å². The number of aromatic nitrogens is 4. The first-order valence-electron chi connectivity index (χ1n) is 7.97. The zero-order valence-corrected chi connectivity index (χ0v) is 14.2. The van der Waals surface area contributed by atoms with E-state index < -0.39 is 23.8 Å². The normalized spacial score (nSPS) is 11.9. The molecule has 2 aromatic carbocycles. The molecule has 0 saturated carbocycles. The fraction of sp³-hybridized carbons (Fsp3) is 0.176. The summed E-state index contributed by atoms with van der Waals surface area (Å²) in [5.41, 5.74) is 0.867. The molecular formula is C17H16F2N6O2. The van der Waals surface area contributed by atoms with Gasteiger partial charge in [-0.15, -0.1) is 5.10 Å². The van der Waals surface area contributed by atoms with Crippen LogP contribution in [0, 0.1) is 18.6 Å². The van der Waals surface area contributed by atoms with Crippen LogP contribution in [-0.2, 0) is 0 Å². The lowest BCUT2D eigenvalue weighted by atomic mass is 10.1. The van der Waals surface area contributed by atoms with E-state index in [0.717, 1.165) is 0 Å². The van der Waals surface area contributed by atoms with Crippen molar-refractivity contribution in [3.8, 4) is 5.69 Å². The van der Waals surface area contributed by atoms with E-state index in [9.17, 15) is 18.7 Å². The molecule has 140 valence electrons. The molecule has 0 aliphatic heterocycles. The van der Waals surface area contributed by atoms with Gasteiger partial charge in [0.25, 0.3) is 0 Å². The van der Waals surface area contributed by atoms with E-state index >= 15 is 0 Å². The molecule has 1 heterocycles. The van der Waals surface area contributed by atoms with Crippen molar-refractivity contribution in [3.63, 3.8) is 0 Å². The summed E-state index contributed by atoms with van der Waals surface area (Å²) in [6.45, 7) is 1.53. The Kier molecular flexibility index (Phi) is 5.36. The summed E-state index contributed by atoms with van der Waals surface area (Å²) < 4.78 is 28.1. The number of rotatable bonds is 5. The molecule has 0 spiro atoms. The molecule has 3 aromatic rings. The Labute approximate surface area is 152 Å². The van der Waals surface area contributed by atoms with Crippen LogP contribution in [0.1, 0.15) is 17.5 Å². The third kappa shape index (κ3) is 4.42. The second kappa shape index (κ2) is 7.87. The Bertz CT molecular complexity index is 945. The van der Waals surface area contributed by atoms with Crippen LogP contribution < -0.4 is 10.6 Å². The number of anilines is 1. The van der Waals surface area contributed by atoms with Crippen LogP contribution in [0.3, 0.4) is 0 Å². The highest BCUT2D eigenvalue weighted by Crippen LogP contribution is 2.19. The van der Waals surface area contributed by atoms with Gasteiger partial charge in [0, 0.05) is 12.2 Å². The number of carbonyl (C=O) groups is 1. The summed E-state index contributed by atoms with van der Waals surface area (Å²) in [5.74, 6) is -0.581. The first kappa shape index (κ1) is 18.4. The monoisotopic (exact) mass is 374 g/mol. The molecule has 0 aliphatic carbocycles. The van der Waals surface area contributed by atoms with Crippen molar-refractivity contribution < 1.29 is 18.7 Å². The van der Waals surface area contributed by atoms with Gasteiger partial charge in [-0.2, -0.15) is 4.68 Å². The largest absolute Gasteiger partial charge is 0.387 e. The molecule has 0 radical (unpaired) electrons. The number of hydrogen-bond donors (Lipinski definition) is 3. The lowest BCUT2D eigenvalue weighted by Crippen LogP contribution is -2.32. The number of hydrogen-bond acceptors (Lipinski definition) is 5. The van der Waals surface area contributed by atoms with Gasteiger partial charge in [0.1, 0.15) is 17.3 Å². The minimum absolute atomic E-state index is 0.0849. The van der Waals surface area contributed by atoms with Gasteiger partial charge in [0.15, 0.2) is 5.82 Å². The van der Waals surface area contributed by atoms with E-state index in [1.54, 1.807) is 6.92 Å². The van der Waals surface area contributed by atoms with Gasteiger partial charge in [0.05, 0.1) is 6.10 Å². The second-order valence-corrected chi connectivity index (χ2v) is 5.71. The molecule has 0 fully saturated rings. The summed E-state index contributed by atoms with van der Waals surface area (Å²) in [7, 11) is 0. The fourth-order valence-corrected chi connectivity index (χ4v) is 2.37. The third-order valence-corrected chi connectivity index (χ3v) is 3.77. The molecule has 0 saturated heterocycles. The van der Waals surface area contributed by atoms with Crippen LogP contribution >= 0.6 is 0 Å². The number of aryl methyl sites for hydroxylation is 1. The Morgan fingerprint density at radius 2 is 1.96 bits per heavy atom. The number of aliphatic hydroxyl groups is 1. The number of benzene rings is 2. The Hall–Kier alpha value is -3.40. The quantitative estimate of drug-likeness (QED) is 0.634. The van der Waals surface area contributed by atoms with E-state index in [1.165, 1.54) is 47.1 Å². The second-order valence-electron chi connectivity index (χ2n) is 5.71. The van der Waals surface area contributed by atoms with E-state index in [0.29, 0.717) is 17.1 Å². The van der Waals surface area contributed by atoms with E-state index in [4.69, 9.17) is 0 Å². The first-order chi connectivity index (χ1) is 12.9. The average molecular weight is 374 g/mol. The molecule has 27 heavy (non-hydrogen) atoms. The highest BCUT2D eigenvalue weighted by molar-refractivity contribution is 5.89. The standard InChI is InChI=1S/C17H16F2N6O2/c1-10-22-23-24-25(10)15-8-13(6-7-14(15)19)21-17(27)20-9-16(26)11-2-4-12(18)5-3-11/h2-8,16,26H,9H2,1H3,(H2,20,21,27). The van der Waals surface area contributed by atoms with Crippen molar-refractivity contribution in [2.75, 3.05) is 11.9 Å². The van der Waals surface area contributed by atoms with Gasteiger partial charge < -0.3 is 15.7 Å². The van der Waals surface area contributed by atoms with E-state index in [-0.39, 0.29) is 12.2 Å². The highest BCUT2D eigenvalue weighted by Gasteiger charge is 2.13. The van der Waals surface area contributed by atoms with Crippen molar-refractivity contribution in [2.45, 2.75) is 13.0 Å². The number of tetrazole rings is 1. The molecule has 1 unspecified atom stereocenters. The van der Waals surface area contributed by atoms with E-state index in [1.807, 2.05) is 0 Å². The van der Waals surface area contributed by atoms with Gasteiger partial charge in [-0.05, 0) is 53.2 Å². The summed E-state index contributed by atoms with van der Waals surface area (Å²) in [5, 5.41) is 25.9. The van der Waals surface area contributed by atoms with Crippen LogP contribution in [-0.4, -0.2) is 37.9 Å². The number of urea groups is 1. The van der Waals surface area contributed by atoms with Crippen LogP contribution in [0.2, 0.25) is 0 Å². The average Bonchev–Trinajstić information content (AvgIpc) is 3.07. The van der Waals surface area contributed by atoms with Gasteiger partial charge >= 0.3 is 6.03 Å². The Morgan fingerprint density at radius 3 is 2.63 bits per heavy atom. The van der Waals surface area contributed by atoms with Crippen LogP contribution in [0.15, 0.2) is 42.5 Å². The van der Waals surface area contributed by atoms with Crippen LogP contribution in [0.4, 0.5) is 19.3 Å². The molecule has 3 N–H and O–H groups in total. The minimum Gasteiger partial charge on any atom is -0.387 e. The van der Waals surface area contributed by atoms with Crippen LogP contribution in [0.5, 0.6) is 0 Å². The SMILES string of the molecule is Cc1nnnn1-c1cc(NC(=O)NCC(O)c2ccc(F)cc2)ccc1F. The molecule has 10 heteroatoms. The molecule has 0 aliphatic rings. The van der Waals surface area contributed by atoms with Crippen molar-refractivity contribution >= 4 is 11.7 Å². The maximum atomic E-state index is 14.0. The first-order valence-corrected chi connectivity index (χ1v) is 7.97. The number of carbonyl (C=O) groups excluding carboxylic acids is 1. The van der Waals surface area contributed by atoms with Crippen molar-refractivity contribution in [1.29, 1.82) is 0 Å². The summed E-state index contributed by atoms with van der Waals surface area (Å²) in [6.07, 6.45) is -0.996. The predicted molar refractivity (Wildman–Crippen MR) is 92.2 cm³/mol. The Morgan fingerprint density at radius 1 is 1.22 bits per heavy atom. The summed E-state index contributed by atoms with van der Waals surface area (Å²) >= 11 is 0. The summed E-state index contributed by atoms with van der Waals surface area (Å²) in [6, 6.07) is 8.66. The summed E-state index contributed by atoms with van der Waals surface area (Å²) in [4.78, 5) is 12.0. The van der Waals surface area contributed by atoms with Gasteiger partial charge in [-0.1, -0.05) is 12.1 Å². The fourth-order valence-electron chi connectivity index (χ4n) is 2.37. The van der Waals surface area contributed by atoms with Gasteiger partial charge in [0.2, 0.25) is 0 Å². The zero-order valence-electron chi connectivity index (χ0n) is 14.2. The zero-order chi connectivity index (χ0) is 19.4. The Balaban J connectivity index is 1.62. The lowest BCUT2D eigenvalue weighted by molar-refractivity contribution is 0.175. The molecular weight excluding hydrogens is 358 g/mol. The molecule has 2 amide bonds. The molecule has 0 bridgehead atoms. The molecule has 1 aromatic heterocycles. The van der Waals surface area contributed by atoms with Crippen molar-refractivity contribution in [2.24, 2.45) is 0 Å². The molecule has 1 atom stereocenters. The third-order valence-electron chi connectivity index (χ3n) is 3.77. The number of halogens is 2. The smallest absolute Gasteiger partial charge is 0.319 e. The van der Waals surface area contributed by atoms with Crippen molar-refractivity contribution in [3.05, 3.63) is 65.5 Å². The molecule has 3 rings (SSSR count). The maximum Gasteiger partial charge on any atom is 0.319 e. The maximum absolute atomic E-state index is 14.0. The van der Waals surface area contributed by atoms with Gasteiger partial charge in [-0.25, -0.2) is 13.6 Å². The lowest BCUT2D eigenvalue weighted by Gasteiger charge is -2.13. The van der Waals surface area contributed by atoms with Crippen molar-refractivity contribution in [1.82, 2.24) is 25.5 Å². The minimum atomic E-state index is -0.996. The predicted octanol–water partition coefficient (Wildman–Crippen LogP) is 2.10. The highest BCUT2D eigenvalue weighted by atomic mass is 19.1. The number of amides is 2. The number of nitrogens with one attached hydrogen (secondary N) is 2. The topological polar surface area (TPSA) is 105 Å². The van der Waals surface area contributed by atoms with Crippen LogP contribution in [0.25, 0.3) is 5.69 Å². The number of aliphatic hydroxyl groups excluding tert-OH is 1. The molecule has 8 nitrogen and oxygen atoms in total. The number of nitrogens with zero attached hydrogens (tertiary/aromatic N) is 4. The van der Waals surface area contributed by atoms with Gasteiger partial charge in [-0.3, -0.25) is 0 Å².